The van der Waals surface area contributed by atoms with Crippen LogP contribution in [0.5, 0.6) is 5.75 Å². The molecule has 3 heteroatoms. The average molecular weight is 198 g/mol. The maximum Gasteiger partial charge on any atom is 0.165 e. The van der Waals surface area contributed by atoms with Crippen molar-refractivity contribution in [3.8, 4) is 5.75 Å². The van der Waals surface area contributed by atoms with Gasteiger partial charge in [0, 0.05) is 20.1 Å². The Bertz CT molecular complexity index is 276. The smallest absolute Gasteiger partial charge is 0.165 e. The van der Waals surface area contributed by atoms with Crippen molar-refractivity contribution in [2.24, 2.45) is 0 Å². The van der Waals surface area contributed by atoms with E-state index in [2.05, 4.69) is 0 Å². The normalized spacial score (nSPS) is 12.5. The zero-order chi connectivity index (χ0) is 10.4. The van der Waals surface area contributed by atoms with Crippen LogP contribution >= 0.6 is 0 Å². The Kier molecular flexibility index (Phi) is 4.40. The molecule has 0 aliphatic carbocycles. The van der Waals surface area contributed by atoms with Crippen molar-refractivity contribution in [1.29, 1.82) is 0 Å². The van der Waals surface area contributed by atoms with Crippen LogP contribution in [0.25, 0.3) is 0 Å². The first-order valence-electron chi connectivity index (χ1n) is 4.64. The number of methoxy groups -OCH3 is 1. The van der Waals surface area contributed by atoms with Gasteiger partial charge in [-0.05, 0) is 19.1 Å². The largest absolute Gasteiger partial charge is 0.488 e. The molecular weight excluding hydrogens is 183 g/mol. The number of hydrogen-bond donors (Lipinski definition) is 0. The second-order valence-electron chi connectivity index (χ2n) is 3.14. The molecule has 0 saturated carbocycles. The van der Waals surface area contributed by atoms with Gasteiger partial charge in [0.05, 0.1) is 6.10 Å². The molecule has 0 spiro atoms. The summed E-state index contributed by atoms with van der Waals surface area (Å²) in [6.07, 6.45) is 0.719. The molecule has 0 N–H and O–H groups in total. The third kappa shape index (κ3) is 3.34. The van der Waals surface area contributed by atoms with Crippen molar-refractivity contribution < 1.29 is 13.9 Å². The highest BCUT2D eigenvalue weighted by atomic mass is 19.1. The third-order valence-corrected chi connectivity index (χ3v) is 1.89. The molecule has 0 aliphatic rings. The molecule has 1 atom stereocenters. The summed E-state index contributed by atoms with van der Waals surface area (Å²) < 4.78 is 23.4. The number of benzene rings is 1. The Morgan fingerprint density at radius 2 is 2.07 bits per heavy atom. The van der Waals surface area contributed by atoms with Crippen LogP contribution in [-0.2, 0) is 4.74 Å². The molecule has 1 aromatic rings. The van der Waals surface area contributed by atoms with Crippen LogP contribution in [0, 0.1) is 5.82 Å². The van der Waals surface area contributed by atoms with E-state index in [1.807, 2.05) is 6.92 Å². The van der Waals surface area contributed by atoms with Crippen molar-refractivity contribution in [3.05, 3.63) is 30.1 Å². The van der Waals surface area contributed by atoms with Crippen molar-refractivity contribution >= 4 is 0 Å². The topological polar surface area (TPSA) is 18.5 Å². The third-order valence-electron chi connectivity index (χ3n) is 1.89. The zero-order valence-corrected chi connectivity index (χ0v) is 8.50. The SMILES string of the molecule is COCCC(C)Oc1ccccc1F. The summed E-state index contributed by atoms with van der Waals surface area (Å²) in [7, 11) is 1.63. The van der Waals surface area contributed by atoms with Crippen LogP contribution in [-0.4, -0.2) is 19.8 Å². The van der Waals surface area contributed by atoms with Crippen LogP contribution in [0.4, 0.5) is 4.39 Å². The number of para-hydroxylation sites is 1. The van der Waals surface area contributed by atoms with E-state index in [1.54, 1.807) is 25.3 Å². The lowest BCUT2D eigenvalue weighted by Gasteiger charge is -2.14. The van der Waals surface area contributed by atoms with E-state index in [9.17, 15) is 4.39 Å². The molecule has 0 saturated heterocycles. The Morgan fingerprint density at radius 3 is 2.71 bits per heavy atom. The maximum absolute atomic E-state index is 13.1. The van der Waals surface area contributed by atoms with Crippen LogP contribution in [0.15, 0.2) is 24.3 Å². The van der Waals surface area contributed by atoms with E-state index < -0.39 is 0 Å². The Morgan fingerprint density at radius 1 is 1.36 bits per heavy atom. The highest BCUT2D eigenvalue weighted by Gasteiger charge is 2.06. The highest BCUT2D eigenvalue weighted by Crippen LogP contribution is 2.17. The van der Waals surface area contributed by atoms with Gasteiger partial charge >= 0.3 is 0 Å². The van der Waals surface area contributed by atoms with Gasteiger partial charge in [-0.2, -0.15) is 0 Å². The van der Waals surface area contributed by atoms with E-state index in [4.69, 9.17) is 9.47 Å². The molecule has 0 amide bonds. The summed E-state index contributed by atoms with van der Waals surface area (Å²) in [6.45, 7) is 2.51. The number of halogens is 1. The summed E-state index contributed by atoms with van der Waals surface area (Å²) in [5.41, 5.74) is 0. The predicted molar refractivity (Wildman–Crippen MR) is 53.0 cm³/mol. The molecule has 1 aromatic carbocycles. The van der Waals surface area contributed by atoms with Gasteiger partial charge in [-0.3, -0.25) is 0 Å². The lowest BCUT2D eigenvalue weighted by atomic mass is 10.3. The van der Waals surface area contributed by atoms with Gasteiger partial charge in [0.1, 0.15) is 0 Å². The van der Waals surface area contributed by atoms with Crippen molar-refractivity contribution in [3.63, 3.8) is 0 Å². The molecule has 1 rings (SSSR count). The number of ether oxygens (including phenoxy) is 2. The monoisotopic (exact) mass is 198 g/mol. The minimum atomic E-state index is -0.322. The highest BCUT2D eigenvalue weighted by molar-refractivity contribution is 5.23. The molecule has 0 fully saturated rings. The summed E-state index contributed by atoms with van der Waals surface area (Å²) >= 11 is 0. The van der Waals surface area contributed by atoms with Gasteiger partial charge in [0.25, 0.3) is 0 Å². The molecule has 0 aliphatic heterocycles. The van der Waals surface area contributed by atoms with Crippen LogP contribution in [0.2, 0.25) is 0 Å². The second kappa shape index (κ2) is 5.60. The predicted octanol–water partition coefficient (Wildman–Crippen LogP) is 2.63. The van der Waals surface area contributed by atoms with Gasteiger partial charge in [0.2, 0.25) is 0 Å². The van der Waals surface area contributed by atoms with Crippen molar-refractivity contribution in [2.75, 3.05) is 13.7 Å². The number of hydrogen-bond acceptors (Lipinski definition) is 2. The van der Waals surface area contributed by atoms with Crippen molar-refractivity contribution in [1.82, 2.24) is 0 Å². The maximum atomic E-state index is 13.1. The summed E-state index contributed by atoms with van der Waals surface area (Å²) in [5.74, 6) is -0.0205. The van der Waals surface area contributed by atoms with Gasteiger partial charge in [-0.15, -0.1) is 0 Å². The first-order chi connectivity index (χ1) is 6.74. The fraction of sp³-hybridized carbons (Fsp3) is 0.455. The van der Waals surface area contributed by atoms with Gasteiger partial charge < -0.3 is 9.47 Å². The molecule has 1 unspecified atom stereocenters. The van der Waals surface area contributed by atoms with E-state index >= 15 is 0 Å². The van der Waals surface area contributed by atoms with E-state index in [1.165, 1.54) is 6.07 Å². The quantitative estimate of drug-likeness (QED) is 0.724. The summed E-state index contributed by atoms with van der Waals surface area (Å²) in [6, 6.07) is 6.40. The molecule has 0 heterocycles. The zero-order valence-electron chi connectivity index (χ0n) is 8.50. The van der Waals surface area contributed by atoms with Crippen LogP contribution < -0.4 is 4.74 Å². The average Bonchev–Trinajstić information content (AvgIpc) is 2.18. The van der Waals surface area contributed by atoms with Crippen molar-refractivity contribution in [2.45, 2.75) is 19.4 Å². The lowest BCUT2D eigenvalue weighted by Crippen LogP contribution is -2.14. The molecule has 0 aromatic heterocycles. The Hall–Kier alpha value is -1.09. The van der Waals surface area contributed by atoms with Crippen LogP contribution in [0.3, 0.4) is 0 Å². The fourth-order valence-corrected chi connectivity index (χ4v) is 1.10. The summed E-state index contributed by atoms with van der Waals surface area (Å²) in [4.78, 5) is 0. The molecule has 0 radical (unpaired) electrons. The second-order valence-corrected chi connectivity index (χ2v) is 3.14. The molecule has 14 heavy (non-hydrogen) atoms. The summed E-state index contributed by atoms with van der Waals surface area (Å²) in [5, 5.41) is 0. The fourth-order valence-electron chi connectivity index (χ4n) is 1.10. The minimum absolute atomic E-state index is 0.0353. The minimum Gasteiger partial charge on any atom is -0.488 e. The molecule has 78 valence electrons. The van der Waals surface area contributed by atoms with E-state index in [-0.39, 0.29) is 11.9 Å². The first kappa shape index (κ1) is 11.0. The van der Waals surface area contributed by atoms with E-state index in [0.717, 1.165) is 6.42 Å². The Balaban J connectivity index is 2.47. The van der Waals surface area contributed by atoms with Gasteiger partial charge in [0.15, 0.2) is 11.6 Å². The first-order valence-corrected chi connectivity index (χ1v) is 4.64. The van der Waals surface area contributed by atoms with Gasteiger partial charge in [-0.1, -0.05) is 12.1 Å². The Labute approximate surface area is 83.6 Å². The van der Waals surface area contributed by atoms with E-state index in [0.29, 0.717) is 12.4 Å². The lowest BCUT2D eigenvalue weighted by molar-refractivity contribution is 0.132. The molecular formula is C11H15FO2. The molecule has 0 bridgehead atoms. The molecule has 2 nitrogen and oxygen atoms in total. The number of rotatable bonds is 5. The van der Waals surface area contributed by atoms with Gasteiger partial charge in [-0.25, -0.2) is 4.39 Å². The standard InChI is InChI=1S/C11H15FO2/c1-9(7-8-13-2)14-11-6-4-3-5-10(11)12/h3-6,9H,7-8H2,1-2H3. The van der Waals surface area contributed by atoms with Crippen LogP contribution in [0.1, 0.15) is 13.3 Å².